The van der Waals surface area contributed by atoms with Crippen LogP contribution in [0.25, 0.3) is 0 Å². The van der Waals surface area contributed by atoms with Crippen LogP contribution in [0.2, 0.25) is 0 Å². The molecular formula is C27H42O8. The van der Waals surface area contributed by atoms with E-state index in [1.54, 1.807) is 6.08 Å². The molecule has 1 fully saturated rings. The molecule has 1 unspecified atom stereocenters. The number of ether oxygens (including phenoxy) is 1. The second-order valence-corrected chi connectivity index (χ2v) is 10.9. The first-order valence-electron chi connectivity index (χ1n) is 12.8. The lowest BCUT2D eigenvalue weighted by Crippen LogP contribution is -2.42. The summed E-state index contributed by atoms with van der Waals surface area (Å²) >= 11 is 0. The molecule has 0 saturated heterocycles. The number of cyclic esters (lactones) is 1. The van der Waals surface area contributed by atoms with Gasteiger partial charge in [0.1, 0.15) is 6.10 Å². The highest BCUT2D eigenvalue weighted by molar-refractivity contribution is 5.88. The van der Waals surface area contributed by atoms with Crippen molar-refractivity contribution in [3.05, 3.63) is 23.8 Å². The number of aliphatic hydroxyl groups is 2. The van der Waals surface area contributed by atoms with E-state index in [1.807, 2.05) is 13.8 Å². The molecule has 198 valence electrons. The summed E-state index contributed by atoms with van der Waals surface area (Å²) in [6.45, 7) is 7.91. The molecular weight excluding hydrogens is 452 g/mol. The number of allylic oxidation sites excluding steroid dienone is 2. The van der Waals surface area contributed by atoms with Gasteiger partial charge in [-0.05, 0) is 61.9 Å². The van der Waals surface area contributed by atoms with Crippen molar-refractivity contribution in [2.75, 3.05) is 0 Å². The molecule has 2 aliphatic rings. The predicted octanol–water partition coefficient (Wildman–Crippen LogP) is 3.81. The van der Waals surface area contributed by atoms with Gasteiger partial charge in [-0.1, -0.05) is 39.8 Å². The molecule has 0 aromatic heterocycles. The lowest BCUT2D eigenvalue weighted by atomic mass is 9.70. The second kappa shape index (κ2) is 13.2. The highest BCUT2D eigenvalue weighted by Gasteiger charge is 2.43. The Labute approximate surface area is 208 Å². The monoisotopic (exact) mass is 494 g/mol. The Morgan fingerprint density at radius 3 is 2.11 bits per heavy atom. The number of carboxylic acids is 2. The van der Waals surface area contributed by atoms with Crippen LogP contribution in [0.4, 0.5) is 0 Å². The zero-order valence-corrected chi connectivity index (χ0v) is 21.3. The zero-order chi connectivity index (χ0) is 26.3. The van der Waals surface area contributed by atoms with Gasteiger partial charge in [0, 0.05) is 12.3 Å². The molecule has 8 heteroatoms. The van der Waals surface area contributed by atoms with Crippen LogP contribution in [0.3, 0.4) is 0 Å². The number of carboxylic acid groups (broad SMARTS) is 2. The van der Waals surface area contributed by atoms with Gasteiger partial charge >= 0.3 is 17.9 Å². The average molecular weight is 495 g/mol. The number of hydrogen-bond acceptors (Lipinski definition) is 6. The summed E-state index contributed by atoms with van der Waals surface area (Å²) in [6.07, 6.45) is 5.27. The Bertz CT molecular complexity index is 803. The van der Waals surface area contributed by atoms with E-state index < -0.39 is 42.1 Å². The molecule has 1 saturated carbocycles. The quantitative estimate of drug-likeness (QED) is 0.434. The Morgan fingerprint density at radius 1 is 0.943 bits per heavy atom. The van der Waals surface area contributed by atoms with Crippen molar-refractivity contribution in [3.8, 4) is 0 Å². The molecule has 0 aromatic rings. The smallest absolute Gasteiger partial charge is 0.334 e. The molecule has 1 aliphatic carbocycles. The summed E-state index contributed by atoms with van der Waals surface area (Å²) in [5.41, 5.74) is -0.104. The summed E-state index contributed by atoms with van der Waals surface area (Å²) in [5.74, 6) is -3.48. The Balaban J connectivity index is 2.30. The maximum absolute atomic E-state index is 12.6. The van der Waals surface area contributed by atoms with Gasteiger partial charge < -0.3 is 25.2 Å². The molecule has 4 N–H and O–H groups in total. The number of hydrogen-bond donors (Lipinski definition) is 4. The fourth-order valence-electron chi connectivity index (χ4n) is 5.60. The van der Waals surface area contributed by atoms with Gasteiger partial charge in [0.25, 0.3) is 0 Å². The van der Waals surface area contributed by atoms with Crippen molar-refractivity contribution in [2.45, 2.75) is 91.0 Å². The van der Waals surface area contributed by atoms with Gasteiger partial charge in [-0.3, -0.25) is 9.59 Å². The minimum Gasteiger partial charge on any atom is -0.481 e. The minimum atomic E-state index is -1.19. The van der Waals surface area contributed by atoms with Crippen LogP contribution in [-0.4, -0.2) is 56.6 Å². The van der Waals surface area contributed by atoms with E-state index in [-0.39, 0.29) is 48.0 Å². The van der Waals surface area contributed by atoms with Crippen molar-refractivity contribution in [1.29, 1.82) is 0 Å². The van der Waals surface area contributed by atoms with Gasteiger partial charge in [0.15, 0.2) is 0 Å². The molecule has 0 radical (unpaired) electrons. The van der Waals surface area contributed by atoms with Crippen LogP contribution >= 0.6 is 0 Å². The lowest BCUT2D eigenvalue weighted by molar-refractivity contribution is -0.165. The summed E-state index contributed by atoms with van der Waals surface area (Å²) in [7, 11) is 0. The first-order chi connectivity index (χ1) is 16.4. The average Bonchev–Trinajstić information content (AvgIpc) is 2.70. The Kier molecular flexibility index (Phi) is 11.0. The largest absolute Gasteiger partial charge is 0.481 e. The SMILES string of the molecule is C[C@@H]1C[C@H](C)C[C@H](C)[C@@H](O)CC(=O)OC([C@@H]2CC[C@H]2C(=O)O)C/C=C/C=C(/C(=O)O)[C@H](O)[C@@H](C)C1. The van der Waals surface area contributed by atoms with Crippen molar-refractivity contribution < 1.29 is 39.5 Å². The third-order valence-electron chi connectivity index (χ3n) is 7.68. The van der Waals surface area contributed by atoms with E-state index >= 15 is 0 Å². The number of carbonyl (C=O) groups excluding carboxylic acids is 1. The molecule has 35 heavy (non-hydrogen) atoms. The number of carbonyl (C=O) groups is 3. The van der Waals surface area contributed by atoms with Crippen molar-refractivity contribution in [2.24, 2.45) is 35.5 Å². The van der Waals surface area contributed by atoms with E-state index in [9.17, 15) is 34.8 Å². The molecule has 0 amide bonds. The zero-order valence-electron chi connectivity index (χ0n) is 21.3. The number of rotatable bonds is 3. The topological polar surface area (TPSA) is 141 Å². The van der Waals surface area contributed by atoms with Crippen LogP contribution in [0.15, 0.2) is 23.8 Å². The van der Waals surface area contributed by atoms with E-state index in [0.29, 0.717) is 25.7 Å². The van der Waals surface area contributed by atoms with Crippen molar-refractivity contribution in [1.82, 2.24) is 0 Å². The van der Waals surface area contributed by atoms with Crippen LogP contribution in [0.5, 0.6) is 0 Å². The maximum Gasteiger partial charge on any atom is 0.334 e. The molecule has 0 bridgehead atoms. The summed E-state index contributed by atoms with van der Waals surface area (Å²) in [5, 5.41) is 40.4. The predicted molar refractivity (Wildman–Crippen MR) is 130 cm³/mol. The van der Waals surface area contributed by atoms with Crippen LogP contribution in [0.1, 0.15) is 72.6 Å². The highest BCUT2D eigenvalue weighted by Crippen LogP contribution is 2.40. The summed E-state index contributed by atoms with van der Waals surface area (Å²) in [6, 6.07) is 0. The van der Waals surface area contributed by atoms with E-state index in [0.717, 1.165) is 6.42 Å². The standard InChI is InChI=1S/C27H42O8/c1-15-11-16(2)13-18(4)25(30)21(27(33)34)7-5-6-8-23(19-9-10-20(19)26(31)32)35-24(29)14-22(28)17(3)12-15/h5-7,15-20,22-23,25,28,30H,8-14H2,1-4H3,(H,31,32)(H,33,34)/b6-5+,21-7+/t15-,16+,17-,18-,19+,20+,22-,23?,25+/m0/s1. The van der Waals surface area contributed by atoms with Crippen LogP contribution < -0.4 is 0 Å². The van der Waals surface area contributed by atoms with Gasteiger partial charge in [0.05, 0.1) is 30.1 Å². The number of esters is 1. The number of aliphatic hydroxyl groups excluding tert-OH is 2. The Morgan fingerprint density at radius 2 is 1.57 bits per heavy atom. The van der Waals surface area contributed by atoms with Crippen LogP contribution in [-0.2, 0) is 19.1 Å². The summed E-state index contributed by atoms with van der Waals surface area (Å²) < 4.78 is 5.66. The highest BCUT2D eigenvalue weighted by atomic mass is 16.5. The Hall–Kier alpha value is -2.19. The van der Waals surface area contributed by atoms with Gasteiger partial charge in [-0.25, -0.2) is 4.79 Å². The molecule has 8 nitrogen and oxygen atoms in total. The molecule has 9 atom stereocenters. The molecule has 2 rings (SSSR count). The van der Waals surface area contributed by atoms with Crippen molar-refractivity contribution in [3.63, 3.8) is 0 Å². The summed E-state index contributed by atoms with van der Waals surface area (Å²) in [4.78, 5) is 36.0. The van der Waals surface area contributed by atoms with Gasteiger partial charge in [-0.15, -0.1) is 0 Å². The fourth-order valence-corrected chi connectivity index (χ4v) is 5.60. The van der Waals surface area contributed by atoms with Crippen molar-refractivity contribution >= 4 is 17.9 Å². The lowest BCUT2D eigenvalue weighted by Gasteiger charge is -2.38. The number of aliphatic carboxylic acids is 2. The van der Waals surface area contributed by atoms with Gasteiger partial charge in [-0.2, -0.15) is 0 Å². The molecule has 0 aromatic carbocycles. The maximum atomic E-state index is 12.6. The van der Waals surface area contributed by atoms with E-state index in [2.05, 4.69) is 13.8 Å². The fraction of sp³-hybridized carbons (Fsp3) is 0.741. The minimum absolute atomic E-state index is 0.104. The second-order valence-electron chi connectivity index (χ2n) is 10.9. The van der Waals surface area contributed by atoms with E-state index in [1.165, 1.54) is 12.2 Å². The van der Waals surface area contributed by atoms with Crippen LogP contribution in [0, 0.1) is 35.5 Å². The first-order valence-corrected chi connectivity index (χ1v) is 12.8. The first kappa shape index (κ1) is 29.0. The third-order valence-corrected chi connectivity index (χ3v) is 7.68. The molecule has 0 spiro atoms. The molecule has 1 heterocycles. The van der Waals surface area contributed by atoms with Gasteiger partial charge in [0.2, 0.25) is 0 Å². The normalized spacial score (nSPS) is 40.7. The van der Waals surface area contributed by atoms with E-state index in [4.69, 9.17) is 4.74 Å². The third kappa shape index (κ3) is 8.46. The molecule has 1 aliphatic heterocycles.